The molecule has 0 spiro atoms. The highest BCUT2D eigenvalue weighted by molar-refractivity contribution is 5.14. The molecule has 0 aliphatic carbocycles. The minimum Gasteiger partial charge on any atom is -0.374 e. The van der Waals surface area contributed by atoms with Gasteiger partial charge >= 0.3 is 0 Å². The number of nitrogens with one attached hydrogen (secondary N) is 1. The molecule has 3 rings (SSSR count). The summed E-state index contributed by atoms with van der Waals surface area (Å²) >= 11 is 0. The average Bonchev–Trinajstić information content (AvgIpc) is 2.98. The maximum absolute atomic E-state index is 5.81. The third-order valence-electron chi connectivity index (χ3n) is 4.62. The van der Waals surface area contributed by atoms with Gasteiger partial charge in [-0.3, -0.25) is 9.80 Å². The molecule has 2 atom stereocenters. The Morgan fingerprint density at radius 3 is 2.95 bits per heavy atom. The van der Waals surface area contributed by atoms with Crippen molar-refractivity contribution in [3.63, 3.8) is 0 Å². The van der Waals surface area contributed by atoms with Gasteiger partial charge in [-0.2, -0.15) is 0 Å². The number of hydrogen-bond donors (Lipinski definition) is 1. The van der Waals surface area contributed by atoms with Crippen molar-refractivity contribution in [2.24, 2.45) is 0 Å². The van der Waals surface area contributed by atoms with Crippen molar-refractivity contribution in [1.82, 2.24) is 15.1 Å². The minimum atomic E-state index is 0.354. The molecule has 0 aromatic heterocycles. The number of morpholine rings is 1. The van der Waals surface area contributed by atoms with Crippen molar-refractivity contribution < 1.29 is 4.74 Å². The van der Waals surface area contributed by atoms with Crippen LogP contribution in [0, 0.1) is 0 Å². The third-order valence-corrected chi connectivity index (χ3v) is 4.62. The molecule has 4 heteroatoms. The van der Waals surface area contributed by atoms with Crippen LogP contribution in [0.3, 0.4) is 0 Å². The predicted octanol–water partition coefficient (Wildman–Crippen LogP) is 1.18. The van der Waals surface area contributed by atoms with E-state index >= 15 is 0 Å². The zero-order valence-electron chi connectivity index (χ0n) is 13.0. The molecule has 2 fully saturated rings. The van der Waals surface area contributed by atoms with E-state index in [0.29, 0.717) is 12.1 Å². The first-order valence-electron chi connectivity index (χ1n) is 8.10. The number of rotatable bonds is 5. The second-order valence-corrected chi connectivity index (χ2v) is 6.30. The molecule has 116 valence electrons. The second-order valence-electron chi connectivity index (χ2n) is 6.30. The summed E-state index contributed by atoms with van der Waals surface area (Å²) in [5, 5.41) is 3.41. The van der Waals surface area contributed by atoms with E-state index in [0.717, 1.165) is 32.8 Å². The highest BCUT2D eigenvalue weighted by atomic mass is 16.5. The van der Waals surface area contributed by atoms with E-state index in [-0.39, 0.29) is 0 Å². The number of benzene rings is 1. The third kappa shape index (κ3) is 4.27. The van der Waals surface area contributed by atoms with E-state index in [9.17, 15) is 0 Å². The van der Waals surface area contributed by atoms with E-state index in [1.54, 1.807) is 0 Å². The summed E-state index contributed by atoms with van der Waals surface area (Å²) in [5.74, 6) is 0. The van der Waals surface area contributed by atoms with Crippen molar-refractivity contribution in [2.45, 2.75) is 25.1 Å². The largest absolute Gasteiger partial charge is 0.374 e. The van der Waals surface area contributed by atoms with Gasteiger partial charge in [0.05, 0.1) is 12.7 Å². The fourth-order valence-electron chi connectivity index (χ4n) is 3.36. The molecule has 2 saturated heterocycles. The van der Waals surface area contributed by atoms with Crippen LogP contribution in [0.1, 0.15) is 12.0 Å². The SMILES string of the molecule is CN(CC1CNCCO1)C1CCN(Cc2ccccc2)C1. The standard InChI is InChI=1S/C17H27N3O/c1-19(14-17-11-18-8-10-21-17)16-7-9-20(13-16)12-15-5-3-2-4-6-15/h2-6,16-18H,7-14H2,1H3. The average molecular weight is 289 g/mol. The van der Waals surface area contributed by atoms with E-state index in [1.807, 2.05) is 0 Å². The van der Waals surface area contributed by atoms with Crippen LogP contribution in [-0.4, -0.2) is 68.3 Å². The smallest absolute Gasteiger partial charge is 0.0826 e. The summed E-state index contributed by atoms with van der Waals surface area (Å²) in [6.45, 7) is 7.32. The topological polar surface area (TPSA) is 27.7 Å². The van der Waals surface area contributed by atoms with Gasteiger partial charge in [-0.1, -0.05) is 30.3 Å². The first kappa shape index (κ1) is 15.0. The molecule has 1 aromatic rings. The fourth-order valence-corrected chi connectivity index (χ4v) is 3.36. The van der Waals surface area contributed by atoms with Gasteiger partial charge in [0.25, 0.3) is 0 Å². The van der Waals surface area contributed by atoms with Crippen LogP contribution in [0.2, 0.25) is 0 Å². The zero-order valence-corrected chi connectivity index (χ0v) is 13.0. The van der Waals surface area contributed by atoms with Crippen molar-refractivity contribution in [2.75, 3.05) is 46.4 Å². The Morgan fingerprint density at radius 2 is 2.19 bits per heavy atom. The molecule has 2 heterocycles. The van der Waals surface area contributed by atoms with Crippen molar-refractivity contribution in [3.8, 4) is 0 Å². The first-order chi connectivity index (χ1) is 10.3. The molecule has 0 bridgehead atoms. The quantitative estimate of drug-likeness (QED) is 0.881. The van der Waals surface area contributed by atoms with Crippen LogP contribution >= 0.6 is 0 Å². The van der Waals surface area contributed by atoms with Gasteiger partial charge in [-0.05, 0) is 19.0 Å². The van der Waals surface area contributed by atoms with Crippen molar-refractivity contribution in [1.29, 1.82) is 0 Å². The number of ether oxygens (including phenoxy) is 1. The Morgan fingerprint density at radius 1 is 1.33 bits per heavy atom. The molecule has 21 heavy (non-hydrogen) atoms. The van der Waals surface area contributed by atoms with Crippen LogP contribution in [0.15, 0.2) is 30.3 Å². The lowest BCUT2D eigenvalue weighted by Crippen LogP contribution is -2.47. The number of likely N-dealkylation sites (tertiary alicyclic amines) is 1. The highest BCUT2D eigenvalue weighted by Crippen LogP contribution is 2.17. The molecule has 2 unspecified atom stereocenters. The lowest BCUT2D eigenvalue weighted by atomic mass is 10.2. The van der Waals surface area contributed by atoms with Crippen molar-refractivity contribution >= 4 is 0 Å². The Kier molecular flexibility index (Phi) is 5.25. The molecule has 0 saturated carbocycles. The molecular weight excluding hydrogens is 262 g/mol. The molecule has 1 aromatic carbocycles. The minimum absolute atomic E-state index is 0.354. The monoisotopic (exact) mass is 289 g/mol. The van der Waals surface area contributed by atoms with Crippen LogP contribution in [-0.2, 0) is 11.3 Å². The molecule has 0 radical (unpaired) electrons. The van der Waals surface area contributed by atoms with E-state index in [4.69, 9.17) is 4.74 Å². The molecular formula is C17H27N3O. The summed E-state index contributed by atoms with van der Waals surface area (Å²) in [4.78, 5) is 5.05. The number of hydrogen-bond acceptors (Lipinski definition) is 4. The normalized spacial score (nSPS) is 27.3. The molecule has 2 aliphatic heterocycles. The Balaban J connectivity index is 1.45. The van der Waals surface area contributed by atoms with Gasteiger partial charge < -0.3 is 10.1 Å². The number of nitrogens with zero attached hydrogens (tertiary/aromatic N) is 2. The van der Waals surface area contributed by atoms with Gasteiger partial charge in [-0.25, -0.2) is 0 Å². The molecule has 2 aliphatic rings. The van der Waals surface area contributed by atoms with Gasteiger partial charge in [0, 0.05) is 45.3 Å². The van der Waals surface area contributed by atoms with Crippen LogP contribution in [0.4, 0.5) is 0 Å². The van der Waals surface area contributed by atoms with E-state index in [1.165, 1.54) is 25.1 Å². The highest BCUT2D eigenvalue weighted by Gasteiger charge is 2.27. The summed E-state index contributed by atoms with van der Waals surface area (Å²) < 4.78 is 5.81. The van der Waals surface area contributed by atoms with Crippen LogP contribution in [0.25, 0.3) is 0 Å². The fraction of sp³-hybridized carbons (Fsp3) is 0.647. The van der Waals surface area contributed by atoms with E-state index < -0.39 is 0 Å². The first-order valence-corrected chi connectivity index (χ1v) is 8.10. The Hall–Kier alpha value is -0.940. The van der Waals surface area contributed by atoms with Gasteiger partial charge in [0.1, 0.15) is 0 Å². The number of likely N-dealkylation sites (N-methyl/N-ethyl adjacent to an activating group) is 1. The van der Waals surface area contributed by atoms with Gasteiger partial charge in [0.2, 0.25) is 0 Å². The maximum atomic E-state index is 5.81. The molecule has 1 N–H and O–H groups in total. The summed E-state index contributed by atoms with van der Waals surface area (Å²) in [6, 6.07) is 11.4. The zero-order chi connectivity index (χ0) is 14.5. The van der Waals surface area contributed by atoms with E-state index in [2.05, 4.69) is 52.5 Å². The van der Waals surface area contributed by atoms with Crippen molar-refractivity contribution in [3.05, 3.63) is 35.9 Å². The second kappa shape index (κ2) is 7.36. The van der Waals surface area contributed by atoms with Crippen LogP contribution < -0.4 is 5.32 Å². The summed E-state index contributed by atoms with van der Waals surface area (Å²) in [5.41, 5.74) is 1.42. The summed E-state index contributed by atoms with van der Waals surface area (Å²) in [7, 11) is 2.24. The van der Waals surface area contributed by atoms with Crippen LogP contribution in [0.5, 0.6) is 0 Å². The Bertz CT molecular complexity index is 419. The summed E-state index contributed by atoms with van der Waals surface area (Å²) in [6.07, 6.45) is 1.62. The molecule has 4 nitrogen and oxygen atoms in total. The predicted molar refractivity (Wildman–Crippen MR) is 85.4 cm³/mol. The van der Waals surface area contributed by atoms with Gasteiger partial charge in [0.15, 0.2) is 0 Å². The maximum Gasteiger partial charge on any atom is 0.0826 e. The molecule has 0 amide bonds. The Labute approximate surface area is 128 Å². The van der Waals surface area contributed by atoms with Gasteiger partial charge in [-0.15, -0.1) is 0 Å². The lowest BCUT2D eigenvalue weighted by Gasteiger charge is -2.31. The lowest BCUT2D eigenvalue weighted by molar-refractivity contribution is 0.00347.